The average molecular weight is 666 g/mol. The first kappa shape index (κ1) is 34.8. The van der Waals surface area contributed by atoms with Gasteiger partial charge in [0.2, 0.25) is 5.95 Å². The van der Waals surface area contributed by atoms with Crippen LogP contribution in [0.5, 0.6) is 0 Å². The molecular weight excluding hydrogens is 610 g/mol. The molecule has 1 saturated heterocycles. The van der Waals surface area contributed by atoms with Gasteiger partial charge in [0.15, 0.2) is 0 Å². The Balaban J connectivity index is 0.00000417. The van der Waals surface area contributed by atoms with Gasteiger partial charge in [-0.15, -0.1) is 5.10 Å². The van der Waals surface area contributed by atoms with Crippen LogP contribution in [-0.2, 0) is 19.5 Å². The predicted octanol–water partition coefficient (Wildman–Crippen LogP) is 5.61. The Morgan fingerprint density at radius 3 is 2.49 bits per heavy atom. The average Bonchev–Trinajstić information content (AvgIpc) is 3.78. The summed E-state index contributed by atoms with van der Waals surface area (Å²) >= 11 is 0. The summed E-state index contributed by atoms with van der Waals surface area (Å²) in [6, 6.07) is 17.6. The molecule has 262 valence electrons. The van der Waals surface area contributed by atoms with Gasteiger partial charge in [-0.2, -0.15) is 4.98 Å². The van der Waals surface area contributed by atoms with Crippen molar-refractivity contribution >= 4 is 33.6 Å². The number of hydrogen-bond acceptors (Lipinski definition) is 9. The van der Waals surface area contributed by atoms with E-state index in [0.717, 1.165) is 100 Å². The maximum absolute atomic E-state index is 5.02. The minimum Gasteiger partial charge on any atom is -0.361 e. The highest BCUT2D eigenvalue weighted by molar-refractivity contribution is 5.90. The van der Waals surface area contributed by atoms with Crippen LogP contribution in [-0.4, -0.2) is 93.2 Å². The molecule has 1 saturated carbocycles. The van der Waals surface area contributed by atoms with E-state index in [2.05, 4.69) is 89.7 Å². The fourth-order valence-electron chi connectivity index (χ4n) is 7.20. The second-order valence-corrected chi connectivity index (χ2v) is 13.4. The highest BCUT2D eigenvalue weighted by Gasteiger charge is 2.21. The van der Waals surface area contributed by atoms with Crippen LogP contribution in [0.15, 0.2) is 60.9 Å². The molecule has 2 aliphatic rings. The molecule has 0 unspecified atom stereocenters. The van der Waals surface area contributed by atoms with Gasteiger partial charge >= 0.3 is 0 Å². The molecule has 0 bridgehead atoms. The van der Waals surface area contributed by atoms with E-state index in [-0.39, 0.29) is 7.43 Å². The summed E-state index contributed by atoms with van der Waals surface area (Å²) in [7, 11) is 0. The normalized spacial score (nSPS) is 16.0. The first-order chi connectivity index (χ1) is 23.8. The van der Waals surface area contributed by atoms with Crippen LogP contribution in [0.1, 0.15) is 63.6 Å². The Morgan fingerprint density at radius 1 is 0.816 bits per heavy atom. The van der Waals surface area contributed by atoms with Gasteiger partial charge < -0.3 is 25.8 Å². The van der Waals surface area contributed by atoms with Crippen molar-refractivity contribution in [1.82, 2.24) is 45.5 Å². The first-order valence-electron chi connectivity index (χ1n) is 18.1. The molecule has 4 heterocycles. The number of aromatic nitrogens is 6. The Kier molecular flexibility index (Phi) is 12.5. The second kappa shape index (κ2) is 17.6. The lowest BCUT2D eigenvalue weighted by atomic mass is 9.95. The summed E-state index contributed by atoms with van der Waals surface area (Å²) in [5.74, 6) is 1.63. The van der Waals surface area contributed by atoms with Gasteiger partial charge in [0.1, 0.15) is 11.5 Å². The van der Waals surface area contributed by atoms with E-state index in [4.69, 9.17) is 9.97 Å². The van der Waals surface area contributed by atoms with Gasteiger partial charge in [0.25, 0.3) is 0 Å². The number of para-hydroxylation sites is 2. The Morgan fingerprint density at radius 2 is 1.61 bits per heavy atom. The van der Waals surface area contributed by atoms with Crippen LogP contribution < -0.4 is 20.9 Å². The number of piperazine rings is 1. The molecule has 2 fully saturated rings. The molecule has 7 rings (SSSR count). The van der Waals surface area contributed by atoms with Crippen molar-refractivity contribution < 1.29 is 0 Å². The summed E-state index contributed by atoms with van der Waals surface area (Å²) in [6.45, 7) is 9.51. The number of nitrogens with one attached hydrogen (secondary N) is 4. The summed E-state index contributed by atoms with van der Waals surface area (Å²) in [6.07, 6.45) is 14.3. The lowest BCUT2D eigenvalue weighted by Gasteiger charge is -2.36. The molecule has 2 aromatic carbocycles. The molecule has 49 heavy (non-hydrogen) atoms. The molecule has 3 aromatic heterocycles. The fourth-order valence-corrected chi connectivity index (χ4v) is 7.20. The van der Waals surface area contributed by atoms with E-state index in [1.165, 1.54) is 55.0 Å². The van der Waals surface area contributed by atoms with Crippen molar-refractivity contribution in [2.24, 2.45) is 0 Å². The number of anilines is 2. The van der Waals surface area contributed by atoms with Gasteiger partial charge in [-0.1, -0.05) is 62.2 Å². The number of rotatable bonds is 16. The van der Waals surface area contributed by atoms with Gasteiger partial charge in [-0.25, -0.2) is 4.98 Å². The maximum atomic E-state index is 5.02. The lowest BCUT2D eigenvalue weighted by Crippen LogP contribution is -2.47. The number of hydrogen-bond donors (Lipinski definition) is 4. The monoisotopic (exact) mass is 665 g/mol. The minimum absolute atomic E-state index is 0. The molecule has 1 aliphatic carbocycles. The quantitative estimate of drug-likeness (QED) is 0.1000. The van der Waals surface area contributed by atoms with Gasteiger partial charge in [0.05, 0.1) is 18.3 Å². The molecule has 0 atom stereocenters. The van der Waals surface area contributed by atoms with Crippen molar-refractivity contribution in [2.75, 3.05) is 62.6 Å². The standard InChI is InChI=1S/C37H51N11.CH4/c1-2-10-30(11-3-1)39-19-8-17-38-18-9-20-48-28-31(44-45-48)27-41-37-42-35-15-7-5-13-33(35)36(43-37)47-24-22-46(23-25-47)21-16-29-26-40-34-14-6-4-12-32(29)34;/h4-7,12-15,26,28,30,38-40H,1-3,8-11,16-25,27H2,(H,41,42,43);1H4. The zero-order chi connectivity index (χ0) is 32.4. The molecule has 4 N–H and O–H groups in total. The fraction of sp³-hybridized carbons (Fsp3) is 0.526. The second-order valence-electron chi connectivity index (χ2n) is 13.4. The van der Waals surface area contributed by atoms with Crippen LogP contribution in [0.25, 0.3) is 21.8 Å². The van der Waals surface area contributed by atoms with Crippen LogP contribution >= 0.6 is 0 Å². The zero-order valence-corrected chi connectivity index (χ0v) is 28.2. The Labute approximate surface area is 291 Å². The smallest absolute Gasteiger partial charge is 0.225 e. The van der Waals surface area contributed by atoms with E-state index >= 15 is 0 Å². The number of aryl methyl sites for hydroxylation is 1. The molecule has 11 nitrogen and oxygen atoms in total. The van der Waals surface area contributed by atoms with E-state index < -0.39 is 0 Å². The number of nitrogens with zero attached hydrogens (tertiary/aromatic N) is 7. The number of H-pyrrole nitrogens is 1. The largest absolute Gasteiger partial charge is 0.361 e. The van der Waals surface area contributed by atoms with Crippen molar-refractivity contribution in [3.05, 3.63) is 72.2 Å². The van der Waals surface area contributed by atoms with Crippen molar-refractivity contribution in [1.29, 1.82) is 0 Å². The summed E-state index contributed by atoms with van der Waals surface area (Å²) in [5, 5.41) is 21.9. The maximum Gasteiger partial charge on any atom is 0.225 e. The van der Waals surface area contributed by atoms with Crippen LogP contribution in [0.4, 0.5) is 11.8 Å². The van der Waals surface area contributed by atoms with Gasteiger partial charge in [0, 0.05) is 67.8 Å². The van der Waals surface area contributed by atoms with E-state index in [0.29, 0.717) is 12.5 Å². The molecule has 0 amide bonds. The van der Waals surface area contributed by atoms with Crippen molar-refractivity contribution in [2.45, 2.75) is 77.9 Å². The number of fused-ring (bicyclic) bond motifs is 2. The number of aromatic amines is 1. The third-order valence-electron chi connectivity index (χ3n) is 9.95. The van der Waals surface area contributed by atoms with Crippen LogP contribution in [0, 0.1) is 0 Å². The zero-order valence-electron chi connectivity index (χ0n) is 28.2. The molecule has 0 spiro atoms. The number of benzene rings is 2. The summed E-state index contributed by atoms with van der Waals surface area (Å²) in [5.41, 5.74) is 4.45. The van der Waals surface area contributed by atoms with E-state index in [9.17, 15) is 0 Å². The third kappa shape index (κ3) is 9.35. The minimum atomic E-state index is 0. The molecule has 1 aliphatic heterocycles. The van der Waals surface area contributed by atoms with E-state index in [1.54, 1.807) is 0 Å². The first-order valence-corrected chi connectivity index (χ1v) is 18.1. The molecule has 5 aromatic rings. The van der Waals surface area contributed by atoms with Crippen LogP contribution in [0.2, 0.25) is 0 Å². The van der Waals surface area contributed by atoms with Crippen LogP contribution in [0.3, 0.4) is 0 Å². The van der Waals surface area contributed by atoms with E-state index in [1.807, 2.05) is 16.9 Å². The Hall–Kier alpha value is -4.06. The third-order valence-corrected chi connectivity index (χ3v) is 9.95. The summed E-state index contributed by atoms with van der Waals surface area (Å²) < 4.78 is 1.94. The molecular formula is C38H55N11. The predicted molar refractivity (Wildman–Crippen MR) is 201 cm³/mol. The SMILES string of the molecule is C.c1ccc2c(N3CCN(CCc4c[nH]c5ccccc45)CC3)nc(NCc3cn(CCCNCCCNC4CCCCC4)nn3)nc2c1. The topological polar surface area (TPSA) is 115 Å². The molecule has 11 heteroatoms. The van der Waals surface area contributed by atoms with Crippen molar-refractivity contribution in [3.63, 3.8) is 0 Å². The van der Waals surface area contributed by atoms with Crippen molar-refractivity contribution in [3.8, 4) is 0 Å². The highest BCUT2D eigenvalue weighted by Crippen LogP contribution is 2.27. The van der Waals surface area contributed by atoms with Gasteiger partial charge in [-0.05, 0) is 75.5 Å². The Bertz CT molecular complexity index is 1720. The summed E-state index contributed by atoms with van der Waals surface area (Å²) in [4.78, 5) is 18.3. The molecule has 0 radical (unpaired) electrons. The van der Waals surface area contributed by atoms with Gasteiger partial charge in [-0.3, -0.25) is 9.58 Å². The lowest BCUT2D eigenvalue weighted by molar-refractivity contribution is 0.261. The highest BCUT2D eigenvalue weighted by atomic mass is 15.4.